The summed E-state index contributed by atoms with van der Waals surface area (Å²) in [7, 11) is 0. The van der Waals surface area contributed by atoms with Crippen LogP contribution in [0.15, 0.2) is 24.3 Å². The predicted molar refractivity (Wildman–Crippen MR) is 101 cm³/mol. The van der Waals surface area contributed by atoms with Gasteiger partial charge in [0.25, 0.3) is 11.8 Å². The zero-order chi connectivity index (χ0) is 20.4. The van der Waals surface area contributed by atoms with Crippen LogP contribution < -0.4 is 0 Å². The second kappa shape index (κ2) is 7.94. The minimum atomic E-state index is -0.656. The normalized spacial score (nSPS) is 20.7. The Bertz CT molecular complexity index is 804. The van der Waals surface area contributed by atoms with Gasteiger partial charge < -0.3 is 14.5 Å². The standard InChI is InChI=1S/C21H24N2O6/c24-17(22-9-11-28-12-10-22)13-21(7-3-4-8-21)14-18(25)29-23-19(26)15-5-1-2-6-16(15)20(23)27/h1-2,5-6H,3-4,7-14H2. The van der Waals surface area contributed by atoms with Crippen LogP contribution in [0.2, 0.25) is 0 Å². The van der Waals surface area contributed by atoms with Gasteiger partial charge >= 0.3 is 5.97 Å². The van der Waals surface area contributed by atoms with Crippen molar-refractivity contribution in [2.75, 3.05) is 26.3 Å². The average Bonchev–Trinajstić information content (AvgIpc) is 3.27. The van der Waals surface area contributed by atoms with E-state index in [1.807, 2.05) is 0 Å². The fourth-order valence-electron chi connectivity index (χ4n) is 4.48. The smallest absolute Gasteiger partial charge is 0.333 e. The van der Waals surface area contributed by atoms with Gasteiger partial charge in [-0.2, -0.15) is 0 Å². The van der Waals surface area contributed by atoms with Crippen LogP contribution in [0, 0.1) is 5.41 Å². The third-order valence-electron chi connectivity index (χ3n) is 6.02. The lowest BCUT2D eigenvalue weighted by Crippen LogP contribution is -2.43. The molecule has 1 aliphatic carbocycles. The number of benzene rings is 1. The first-order chi connectivity index (χ1) is 14.0. The number of amides is 3. The lowest BCUT2D eigenvalue weighted by molar-refractivity contribution is -0.171. The molecule has 2 heterocycles. The van der Waals surface area contributed by atoms with Crippen LogP contribution in [-0.4, -0.2) is 60.0 Å². The lowest BCUT2D eigenvalue weighted by Gasteiger charge is -2.33. The monoisotopic (exact) mass is 400 g/mol. The Kier molecular flexibility index (Phi) is 5.36. The summed E-state index contributed by atoms with van der Waals surface area (Å²) in [4.78, 5) is 57.1. The van der Waals surface area contributed by atoms with E-state index in [1.165, 1.54) is 12.1 Å². The lowest BCUT2D eigenvalue weighted by atomic mass is 9.79. The summed E-state index contributed by atoms with van der Waals surface area (Å²) >= 11 is 0. The summed E-state index contributed by atoms with van der Waals surface area (Å²) in [5.41, 5.74) is -0.0303. The highest BCUT2D eigenvalue weighted by Gasteiger charge is 2.43. The molecule has 8 heteroatoms. The second-order valence-corrected chi connectivity index (χ2v) is 7.97. The summed E-state index contributed by atoms with van der Waals surface area (Å²) in [6.07, 6.45) is 3.66. The molecule has 1 saturated heterocycles. The molecule has 3 amide bonds. The first-order valence-electron chi connectivity index (χ1n) is 10.0. The minimum Gasteiger partial charge on any atom is -0.378 e. The number of ether oxygens (including phenoxy) is 1. The van der Waals surface area contributed by atoms with E-state index in [1.54, 1.807) is 17.0 Å². The number of morpholine rings is 1. The molecule has 0 spiro atoms. The molecule has 1 aromatic rings. The summed E-state index contributed by atoms with van der Waals surface area (Å²) in [6.45, 7) is 2.18. The van der Waals surface area contributed by atoms with Gasteiger partial charge in [-0.3, -0.25) is 14.4 Å². The van der Waals surface area contributed by atoms with Gasteiger partial charge in [0.1, 0.15) is 0 Å². The van der Waals surface area contributed by atoms with Crippen molar-refractivity contribution in [1.82, 2.24) is 9.96 Å². The van der Waals surface area contributed by atoms with E-state index in [-0.39, 0.29) is 29.9 Å². The third-order valence-corrected chi connectivity index (χ3v) is 6.02. The number of imide groups is 1. The quantitative estimate of drug-likeness (QED) is 0.702. The Morgan fingerprint density at radius 3 is 2.14 bits per heavy atom. The molecule has 29 heavy (non-hydrogen) atoms. The fourth-order valence-corrected chi connectivity index (χ4v) is 4.48. The average molecular weight is 400 g/mol. The molecular formula is C21H24N2O6. The van der Waals surface area contributed by atoms with E-state index in [9.17, 15) is 19.2 Å². The SMILES string of the molecule is O=C(CC1(CC(=O)N2CCOCC2)CCCC1)ON1C(=O)c2ccccc2C1=O. The van der Waals surface area contributed by atoms with Gasteiger partial charge in [0.15, 0.2) is 0 Å². The van der Waals surface area contributed by atoms with E-state index in [2.05, 4.69) is 0 Å². The Morgan fingerprint density at radius 1 is 0.966 bits per heavy atom. The second-order valence-electron chi connectivity index (χ2n) is 7.97. The molecule has 4 rings (SSSR count). The van der Waals surface area contributed by atoms with Gasteiger partial charge in [-0.25, -0.2) is 4.79 Å². The Hall–Kier alpha value is -2.74. The van der Waals surface area contributed by atoms with Crippen molar-refractivity contribution in [3.05, 3.63) is 35.4 Å². The highest BCUT2D eigenvalue weighted by atomic mass is 16.7. The van der Waals surface area contributed by atoms with Crippen molar-refractivity contribution in [2.45, 2.75) is 38.5 Å². The van der Waals surface area contributed by atoms with Gasteiger partial charge in [0.2, 0.25) is 5.91 Å². The summed E-state index contributed by atoms with van der Waals surface area (Å²) in [5.74, 6) is -1.91. The molecule has 0 atom stereocenters. The predicted octanol–water partition coefficient (Wildman–Crippen LogP) is 1.94. The number of fused-ring (bicyclic) bond motifs is 1. The molecule has 154 valence electrons. The molecule has 8 nitrogen and oxygen atoms in total. The number of hydrogen-bond donors (Lipinski definition) is 0. The molecular weight excluding hydrogens is 376 g/mol. The maximum Gasteiger partial charge on any atom is 0.333 e. The van der Waals surface area contributed by atoms with E-state index >= 15 is 0 Å². The highest BCUT2D eigenvalue weighted by molar-refractivity contribution is 6.20. The van der Waals surface area contributed by atoms with Crippen LogP contribution >= 0.6 is 0 Å². The summed E-state index contributed by atoms with van der Waals surface area (Å²) in [6, 6.07) is 6.37. The van der Waals surface area contributed by atoms with Crippen LogP contribution in [0.25, 0.3) is 0 Å². The maximum atomic E-state index is 12.7. The van der Waals surface area contributed by atoms with E-state index in [0.29, 0.717) is 31.4 Å². The number of hydrogen-bond acceptors (Lipinski definition) is 6. The number of rotatable bonds is 5. The maximum absolute atomic E-state index is 12.7. The van der Waals surface area contributed by atoms with Crippen molar-refractivity contribution in [2.24, 2.45) is 5.41 Å². The molecule has 3 aliphatic rings. The van der Waals surface area contributed by atoms with Gasteiger partial charge in [0.05, 0.1) is 30.8 Å². The molecule has 0 aromatic heterocycles. The van der Waals surface area contributed by atoms with E-state index in [4.69, 9.17) is 9.57 Å². The molecule has 0 radical (unpaired) electrons. The van der Waals surface area contributed by atoms with Crippen LogP contribution in [-0.2, 0) is 19.2 Å². The Balaban J connectivity index is 1.41. The highest BCUT2D eigenvalue weighted by Crippen LogP contribution is 2.45. The molecule has 2 fully saturated rings. The van der Waals surface area contributed by atoms with Crippen molar-refractivity contribution in [3.63, 3.8) is 0 Å². The summed E-state index contributed by atoms with van der Waals surface area (Å²) < 4.78 is 5.29. The van der Waals surface area contributed by atoms with Crippen LogP contribution in [0.1, 0.15) is 59.2 Å². The van der Waals surface area contributed by atoms with Crippen molar-refractivity contribution >= 4 is 23.7 Å². The number of hydroxylamine groups is 2. The van der Waals surface area contributed by atoms with Crippen molar-refractivity contribution in [3.8, 4) is 0 Å². The summed E-state index contributed by atoms with van der Waals surface area (Å²) in [5, 5.41) is 0.541. The van der Waals surface area contributed by atoms with Gasteiger partial charge in [-0.15, -0.1) is 0 Å². The van der Waals surface area contributed by atoms with E-state index in [0.717, 1.165) is 25.7 Å². The topological polar surface area (TPSA) is 93.2 Å². The number of carbonyl (C=O) groups excluding carboxylic acids is 4. The zero-order valence-corrected chi connectivity index (χ0v) is 16.2. The zero-order valence-electron chi connectivity index (χ0n) is 16.2. The number of nitrogens with zero attached hydrogens (tertiary/aromatic N) is 2. The molecule has 2 aliphatic heterocycles. The number of carbonyl (C=O) groups is 4. The Labute approximate surface area is 168 Å². The molecule has 0 N–H and O–H groups in total. The molecule has 1 aromatic carbocycles. The molecule has 0 unspecified atom stereocenters. The van der Waals surface area contributed by atoms with Gasteiger partial charge in [-0.05, 0) is 30.4 Å². The largest absolute Gasteiger partial charge is 0.378 e. The Morgan fingerprint density at radius 2 is 1.55 bits per heavy atom. The van der Waals surface area contributed by atoms with E-state index < -0.39 is 23.2 Å². The van der Waals surface area contributed by atoms with Crippen LogP contribution in [0.5, 0.6) is 0 Å². The van der Waals surface area contributed by atoms with Crippen LogP contribution in [0.3, 0.4) is 0 Å². The molecule has 1 saturated carbocycles. The van der Waals surface area contributed by atoms with Gasteiger partial charge in [-0.1, -0.05) is 30.0 Å². The first kappa shape index (κ1) is 19.6. The van der Waals surface area contributed by atoms with Crippen molar-refractivity contribution in [1.29, 1.82) is 0 Å². The molecule has 0 bridgehead atoms. The van der Waals surface area contributed by atoms with Crippen LogP contribution in [0.4, 0.5) is 0 Å². The third kappa shape index (κ3) is 3.89. The van der Waals surface area contributed by atoms with Crippen molar-refractivity contribution < 1.29 is 28.8 Å². The minimum absolute atomic E-state index is 0.0104. The van der Waals surface area contributed by atoms with Gasteiger partial charge in [0, 0.05) is 19.5 Å². The fraction of sp³-hybridized carbons (Fsp3) is 0.524. The first-order valence-corrected chi connectivity index (χ1v) is 10.0.